The van der Waals surface area contributed by atoms with Crippen molar-refractivity contribution in [2.24, 2.45) is 0 Å². The highest BCUT2D eigenvalue weighted by atomic mass is 32.2. The van der Waals surface area contributed by atoms with Gasteiger partial charge in [-0.25, -0.2) is 4.68 Å². The van der Waals surface area contributed by atoms with E-state index >= 15 is 0 Å². The first-order valence-corrected chi connectivity index (χ1v) is 9.92. The normalized spacial score (nSPS) is 10.6. The average Bonchev–Trinajstić information content (AvgIpc) is 3.07. The van der Waals surface area contributed by atoms with E-state index in [0.717, 1.165) is 29.0 Å². The van der Waals surface area contributed by atoms with Gasteiger partial charge in [-0.05, 0) is 35.7 Å². The second kappa shape index (κ2) is 9.27. The lowest BCUT2D eigenvalue weighted by Gasteiger charge is -2.09. The predicted molar refractivity (Wildman–Crippen MR) is 111 cm³/mol. The lowest BCUT2D eigenvalue weighted by molar-refractivity contribution is -0.113. The molecular weight excluding hydrogens is 374 g/mol. The van der Waals surface area contributed by atoms with Crippen molar-refractivity contribution in [1.29, 1.82) is 0 Å². The van der Waals surface area contributed by atoms with E-state index in [1.807, 2.05) is 48.5 Å². The van der Waals surface area contributed by atoms with E-state index in [-0.39, 0.29) is 11.7 Å². The number of hydrogen-bond donors (Lipinski definition) is 2. The summed E-state index contributed by atoms with van der Waals surface area (Å²) in [5.41, 5.74) is 2.99. The third-order valence-corrected chi connectivity index (χ3v) is 5.20. The summed E-state index contributed by atoms with van der Waals surface area (Å²) in [6.07, 6.45) is 1.40. The summed E-state index contributed by atoms with van der Waals surface area (Å²) in [4.78, 5) is 12.3. The minimum absolute atomic E-state index is 0.106. The van der Waals surface area contributed by atoms with Crippen LogP contribution in [0.1, 0.15) is 23.9 Å². The van der Waals surface area contributed by atoms with Gasteiger partial charge in [-0.1, -0.05) is 49.0 Å². The summed E-state index contributed by atoms with van der Waals surface area (Å²) in [6.45, 7) is 2.06. The molecule has 28 heavy (non-hydrogen) atoms. The monoisotopic (exact) mass is 397 g/mol. The molecule has 8 heteroatoms. The van der Waals surface area contributed by atoms with Gasteiger partial charge in [0.05, 0.1) is 12.9 Å². The van der Waals surface area contributed by atoms with Crippen molar-refractivity contribution in [2.45, 2.75) is 24.9 Å². The lowest BCUT2D eigenvalue weighted by atomic mass is 10.1. The number of amides is 1. The number of methoxy groups -OCH3 is 1. The Bertz CT molecular complexity index is 940. The van der Waals surface area contributed by atoms with Crippen LogP contribution < -0.4 is 15.9 Å². The lowest BCUT2D eigenvalue weighted by Crippen LogP contribution is -2.18. The third kappa shape index (κ3) is 4.83. The largest absolute Gasteiger partial charge is 0.497 e. The van der Waals surface area contributed by atoms with Gasteiger partial charge >= 0.3 is 0 Å². The molecule has 0 spiro atoms. The Morgan fingerprint density at radius 3 is 2.64 bits per heavy atom. The SMILES string of the molecule is CCc1ccccc1NC(=O)CSc1nnc(Cc2ccc(OC)cc2)n1N. The molecule has 3 aromatic rings. The Hall–Kier alpha value is -3.00. The predicted octanol–water partition coefficient (Wildman–Crippen LogP) is 2.88. The number of nitrogen functional groups attached to an aromatic ring is 1. The summed E-state index contributed by atoms with van der Waals surface area (Å²) in [5.74, 6) is 7.63. The molecule has 0 fully saturated rings. The van der Waals surface area contributed by atoms with Gasteiger partial charge in [0.1, 0.15) is 5.75 Å². The van der Waals surface area contributed by atoms with Crippen LogP contribution in [-0.2, 0) is 17.6 Å². The quantitative estimate of drug-likeness (QED) is 0.448. The van der Waals surface area contributed by atoms with Crippen molar-refractivity contribution in [2.75, 3.05) is 24.0 Å². The number of carbonyl (C=O) groups is 1. The van der Waals surface area contributed by atoms with Gasteiger partial charge in [-0.3, -0.25) is 4.79 Å². The maximum Gasteiger partial charge on any atom is 0.234 e. The molecule has 1 aromatic heterocycles. The van der Waals surface area contributed by atoms with Crippen molar-refractivity contribution < 1.29 is 9.53 Å². The highest BCUT2D eigenvalue weighted by molar-refractivity contribution is 7.99. The number of ether oxygens (including phenoxy) is 1. The molecule has 0 bridgehead atoms. The number of aryl methyl sites for hydroxylation is 1. The highest BCUT2D eigenvalue weighted by Crippen LogP contribution is 2.19. The number of benzene rings is 2. The summed E-state index contributed by atoms with van der Waals surface area (Å²) >= 11 is 1.26. The molecule has 3 N–H and O–H groups in total. The molecule has 0 aliphatic carbocycles. The van der Waals surface area contributed by atoms with Crippen molar-refractivity contribution in [3.05, 3.63) is 65.5 Å². The van der Waals surface area contributed by atoms with Crippen molar-refractivity contribution in [1.82, 2.24) is 14.9 Å². The van der Waals surface area contributed by atoms with E-state index in [4.69, 9.17) is 10.6 Å². The van der Waals surface area contributed by atoms with Crippen LogP contribution in [0.25, 0.3) is 0 Å². The van der Waals surface area contributed by atoms with Gasteiger partial charge in [0.2, 0.25) is 11.1 Å². The van der Waals surface area contributed by atoms with Gasteiger partial charge < -0.3 is 15.9 Å². The number of nitrogens with one attached hydrogen (secondary N) is 1. The Balaban J connectivity index is 1.58. The Morgan fingerprint density at radius 1 is 1.18 bits per heavy atom. The first-order valence-electron chi connectivity index (χ1n) is 8.93. The summed E-state index contributed by atoms with van der Waals surface area (Å²) < 4.78 is 6.59. The number of nitrogens with zero attached hydrogens (tertiary/aromatic N) is 3. The standard InChI is InChI=1S/C20H23N5O2S/c1-3-15-6-4-5-7-17(15)22-19(26)13-28-20-24-23-18(25(20)21)12-14-8-10-16(27-2)11-9-14/h4-11H,3,12-13,21H2,1-2H3,(H,22,26). The van der Waals surface area contributed by atoms with Crippen LogP contribution in [0, 0.1) is 0 Å². The maximum absolute atomic E-state index is 12.3. The molecule has 0 saturated heterocycles. The van der Waals surface area contributed by atoms with Crippen molar-refractivity contribution in [3.63, 3.8) is 0 Å². The molecule has 3 rings (SSSR count). The smallest absolute Gasteiger partial charge is 0.234 e. The number of rotatable bonds is 8. The zero-order valence-corrected chi connectivity index (χ0v) is 16.7. The Kier molecular flexibility index (Phi) is 6.54. The van der Waals surface area contributed by atoms with Crippen LogP contribution in [0.3, 0.4) is 0 Å². The fourth-order valence-corrected chi connectivity index (χ4v) is 3.39. The molecule has 0 radical (unpaired) electrons. The van der Waals surface area contributed by atoms with E-state index < -0.39 is 0 Å². The number of anilines is 1. The third-order valence-electron chi connectivity index (χ3n) is 4.26. The van der Waals surface area contributed by atoms with Gasteiger partial charge in [0.25, 0.3) is 0 Å². The van der Waals surface area contributed by atoms with E-state index in [9.17, 15) is 4.79 Å². The number of carbonyl (C=O) groups excluding carboxylic acids is 1. The summed E-state index contributed by atoms with van der Waals surface area (Å²) in [5, 5.41) is 11.7. The van der Waals surface area contributed by atoms with Gasteiger partial charge in [0.15, 0.2) is 5.82 Å². The second-order valence-corrected chi connectivity index (χ2v) is 7.08. The van der Waals surface area contributed by atoms with Gasteiger partial charge in [-0.2, -0.15) is 0 Å². The van der Waals surface area contributed by atoms with E-state index in [1.165, 1.54) is 16.4 Å². The summed E-state index contributed by atoms with van der Waals surface area (Å²) in [7, 11) is 1.63. The van der Waals surface area contributed by atoms with Crippen LogP contribution in [-0.4, -0.2) is 33.6 Å². The topological polar surface area (TPSA) is 95.1 Å². The molecule has 146 valence electrons. The van der Waals surface area contributed by atoms with Crippen LogP contribution >= 0.6 is 11.8 Å². The van der Waals surface area contributed by atoms with E-state index in [1.54, 1.807) is 7.11 Å². The van der Waals surface area contributed by atoms with E-state index in [2.05, 4.69) is 22.4 Å². The molecule has 0 saturated carbocycles. The first-order chi connectivity index (χ1) is 13.6. The highest BCUT2D eigenvalue weighted by Gasteiger charge is 2.13. The number of thioether (sulfide) groups is 1. The maximum atomic E-state index is 12.3. The Morgan fingerprint density at radius 2 is 1.93 bits per heavy atom. The number of aromatic nitrogens is 3. The van der Waals surface area contributed by atoms with Crippen molar-refractivity contribution in [3.8, 4) is 5.75 Å². The van der Waals surface area contributed by atoms with Crippen LogP contribution in [0.4, 0.5) is 5.69 Å². The Labute approximate surface area is 168 Å². The van der Waals surface area contributed by atoms with Crippen LogP contribution in [0.15, 0.2) is 53.7 Å². The molecule has 7 nitrogen and oxygen atoms in total. The van der Waals surface area contributed by atoms with Crippen LogP contribution in [0.5, 0.6) is 5.75 Å². The molecule has 0 aliphatic heterocycles. The fraction of sp³-hybridized carbons (Fsp3) is 0.250. The molecular formula is C20H23N5O2S. The molecule has 0 atom stereocenters. The minimum Gasteiger partial charge on any atom is -0.497 e. The van der Waals surface area contributed by atoms with Gasteiger partial charge in [-0.15, -0.1) is 10.2 Å². The number of para-hydroxylation sites is 1. The number of hydrogen-bond acceptors (Lipinski definition) is 6. The molecule has 0 aliphatic rings. The van der Waals surface area contributed by atoms with Gasteiger partial charge in [0, 0.05) is 12.1 Å². The number of nitrogens with two attached hydrogens (primary N) is 1. The average molecular weight is 398 g/mol. The molecule has 1 heterocycles. The summed E-state index contributed by atoms with van der Waals surface area (Å²) in [6, 6.07) is 15.5. The molecule has 0 unspecified atom stereocenters. The first kappa shape index (κ1) is 19.8. The van der Waals surface area contributed by atoms with E-state index in [0.29, 0.717) is 17.4 Å². The zero-order valence-electron chi connectivity index (χ0n) is 15.9. The van der Waals surface area contributed by atoms with Crippen LogP contribution in [0.2, 0.25) is 0 Å². The second-order valence-electron chi connectivity index (χ2n) is 6.14. The zero-order chi connectivity index (χ0) is 19.9. The minimum atomic E-state index is -0.106. The van der Waals surface area contributed by atoms with Crippen molar-refractivity contribution >= 4 is 23.4 Å². The fourth-order valence-electron chi connectivity index (χ4n) is 2.72. The molecule has 1 amide bonds. The molecule has 2 aromatic carbocycles.